The molecule has 4 rings (SSSR count). The van der Waals surface area contributed by atoms with Gasteiger partial charge in [0, 0.05) is 38.4 Å². The Hall–Kier alpha value is -3.49. The first-order valence-corrected chi connectivity index (χ1v) is 10.7. The molecule has 166 valence electrons. The molecule has 1 aliphatic rings. The fourth-order valence-electron chi connectivity index (χ4n) is 3.62. The Labute approximate surface area is 187 Å². The van der Waals surface area contributed by atoms with Crippen molar-refractivity contribution in [3.05, 3.63) is 77.6 Å². The molecule has 0 spiro atoms. The van der Waals surface area contributed by atoms with Gasteiger partial charge in [0.25, 0.3) is 0 Å². The second-order valence-electron chi connectivity index (χ2n) is 7.68. The number of carboxylic acid groups (broad SMARTS) is 1. The third kappa shape index (κ3) is 6.03. The van der Waals surface area contributed by atoms with Gasteiger partial charge >= 0.3 is 5.97 Å². The summed E-state index contributed by atoms with van der Waals surface area (Å²) in [6.07, 6.45) is 2.26. The molecule has 2 heterocycles. The van der Waals surface area contributed by atoms with E-state index >= 15 is 0 Å². The monoisotopic (exact) mass is 433 g/mol. The summed E-state index contributed by atoms with van der Waals surface area (Å²) >= 11 is 0. The van der Waals surface area contributed by atoms with Crippen LogP contribution in [0.1, 0.15) is 21.6 Å². The van der Waals surface area contributed by atoms with Crippen LogP contribution < -0.4 is 15.4 Å². The zero-order chi connectivity index (χ0) is 22.2. The van der Waals surface area contributed by atoms with Crippen LogP contribution >= 0.6 is 0 Å². The Balaban J connectivity index is 1.28. The van der Waals surface area contributed by atoms with Gasteiger partial charge < -0.3 is 20.5 Å². The number of hydrogen-bond acceptors (Lipinski definition) is 7. The van der Waals surface area contributed by atoms with Crippen molar-refractivity contribution in [1.82, 2.24) is 20.4 Å². The van der Waals surface area contributed by atoms with E-state index in [0.29, 0.717) is 12.3 Å². The molecule has 3 aromatic rings. The van der Waals surface area contributed by atoms with E-state index in [4.69, 9.17) is 4.74 Å². The van der Waals surface area contributed by atoms with Crippen molar-refractivity contribution in [2.45, 2.75) is 6.42 Å². The van der Waals surface area contributed by atoms with Crippen LogP contribution in [0.25, 0.3) is 0 Å². The second-order valence-corrected chi connectivity index (χ2v) is 7.68. The number of aromatic nitrogens is 2. The third-order valence-corrected chi connectivity index (χ3v) is 5.37. The van der Waals surface area contributed by atoms with Crippen LogP contribution in [-0.4, -0.2) is 65.5 Å². The molecule has 0 saturated carbocycles. The minimum absolute atomic E-state index is 0.105. The smallest absolute Gasteiger partial charge is 0.358 e. The third-order valence-electron chi connectivity index (χ3n) is 5.37. The van der Waals surface area contributed by atoms with Crippen LogP contribution in [0.2, 0.25) is 0 Å². The quantitative estimate of drug-likeness (QED) is 0.474. The Morgan fingerprint density at radius 1 is 1.03 bits per heavy atom. The second kappa shape index (κ2) is 10.7. The summed E-state index contributed by atoms with van der Waals surface area (Å²) in [7, 11) is 0. The number of rotatable bonds is 9. The molecule has 0 aliphatic carbocycles. The van der Waals surface area contributed by atoms with Crippen molar-refractivity contribution in [2.24, 2.45) is 0 Å². The highest BCUT2D eigenvalue weighted by Crippen LogP contribution is 2.21. The Morgan fingerprint density at radius 2 is 1.72 bits per heavy atom. The number of piperazine rings is 1. The van der Waals surface area contributed by atoms with E-state index in [2.05, 4.69) is 37.9 Å². The van der Waals surface area contributed by atoms with Crippen LogP contribution in [0.3, 0.4) is 0 Å². The molecular weight excluding hydrogens is 406 g/mol. The molecule has 0 atom stereocenters. The standard InChI is InChI=1S/C24H27N5O3/c30-24(31)23-22(9-10-26-28-23)27-20-5-1-18(2-6-20)17-19-3-7-21(8-4-19)32-16-15-29-13-11-25-12-14-29/h1-10,25H,11-17H2,(H,26,27)(H,30,31). The van der Waals surface area contributed by atoms with E-state index < -0.39 is 5.97 Å². The number of carbonyl (C=O) groups is 1. The van der Waals surface area contributed by atoms with Gasteiger partial charge in [-0.25, -0.2) is 4.79 Å². The zero-order valence-corrected chi connectivity index (χ0v) is 17.8. The molecule has 1 fully saturated rings. The molecule has 2 aromatic carbocycles. The van der Waals surface area contributed by atoms with Crippen LogP contribution in [0.15, 0.2) is 60.8 Å². The highest BCUT2D eigenvalue weighted by atomic mass is 16.5. The van der Waals surface area contributed by atoms with Gasteiger partial charge in [0.15, 0.2) is 5.69 Å². The van der Waals surface area contributed by atoms with Crippen molar-refractivity contribution in [1.29, 1.82) is 0 Å². The number of nitrogens with one attached hydrogen (secondary N) is 2. The number of nitrogens with zero attached hydrogens (tertiary/aromatic N) is 3. The van der Waals surface area contributed by atoms with Crippen molar-refractivity contribution >= 4 is 17.3 Å². The van der Waals surface area contributed by atoms with E-state index in [0.717, 1.165) is 56.1 Å². The SMILES string of the molecule is O=C(O)c1nnccc1Nc1ccc(Cc2ccc(OCCN3CCNCC3)cc2)cc1. The molecule has 0 amide bonds. The largest absolute Gasteiger partial charge is 0.492 e. The predicted octanol–water partition coefficient (Wildman–Crippen LogP) is 2.79. The predicted molar refractivity (Wildman–Crippen MR) is 123 cm³/mol. The highest BCUT2D eigenvalue weighted by molar-refractivity contribution is 5.92. The van der Waals surface area contributed by atoms with Gasteiger partial charge in [-0.05, 0) is 47.9 Å². The van der Waals surface area contributed by atoms with Crippen molar-refractivity contribution in [3.63, 3.8) is 0 Å². The maximum Gasteiger partial charge on any atom is 0.358 e. The van der Waals surface area contributed by atoms with E-state index in [9.17, 15) is 9.90 Å². The first kappa shape index (κ1) is 21.7. The Bertz CT molecular complexity index is 1020. The normalized spacial score (nSPS) is 14.1. The lowest BCUT2D eigenvalue weighted by Crippen LogP contribution is -2.44. The summed E-state index contributed by atoms with van der Waals surface area (Å²) in [6.45, 7) is 5.91. The molecule has 3 N–H and O–H groups in total. The number of hydrogen-bond donors (Lipinski definition) is 3. The van der Waals surface area contributed by atoms with Crippen LogP contribution in [0.4, 0.5) is 11.4 Å². The fraction of sp³-hybridized carbons (Fsp3) is 0.292. The number of aromatic carboxylic acids is 1. The Morgan fingerprint density at radius 3 is 2.41 bits per heavy atom. The molecule has 8 nitrogen and oxygen atoms in total. The lowest BCUT2D eigenvalue weighted by atomic mass is 10.0. The van der Waals surface area contributed by atoms with E-state index in [-0.39, 0.29) is 5.69 Å². The molecule has 1 aliphatic heterocycles. The molecule has 32 heavy (non-hydrogen) atoms. The molecule has 1 saturated heterocycles. The average molecular weight is 434 g/mol. The maximum atomic E-state index is 11.3. The van der Waals surface area contributed by atoms with E-state index in [1.807, 2.05) is 36.4 Å². The van der Waals surface area contributed by atoms with Gasteiger partial charge in [0.05, 0.1) is 11.9 Å². The molecular formula is C24H27N5O3. The van der Waals surface area contributed by atoms with Crippen molar-refractivity contribution in [2.75, 3.05) is 44.6 Å². The van der Waals surface area contributed by atoms with Gasteiger partial charge in [0.2, 0.25) is 0 Å². The van der Waals surface area contributed by atoms with Crippen LogP contribution in [0, 0.1) is 0 Å². The van der Waals surface area contributed by atoms with Gasteiger partial charge in [-0.15, -0.1) is 5.10 Å². The maximum absolute atomic E-state index is 11.3. The molecule has 1 aromatic heterocycles. The Kier molecular flexibility index (Phi) is 7.27. The molecule has 0 bridgehead atoms. The summed E-state index contributed by atoms with van der Waals surface area (Å²) in [5.41, 5.74) is 3.46. The first-order valence-electron chi connectivity index (χ1n) is 10.7. The summed E-state index contributed by atoms with van der Waals surface area (Å²) in [4.78, 5) is 13.7. The first-order chi connectivity index (χ1) is 15.7. The lowest BCUT2D eigenvalue weighted by Gasteiger charge is -2.26. The zero-order valence-electron chi connectivity index (χ0n) is 17.8. The molecule has 8 heteroatoms. The molecule has 0 unspecified atom stereocenters. The van der Waals surface area contributed by atoms with Crippen LogP contribution in [-0.2, 0) is 6.42 Å². The van der Waals surface area contributed by atoms with E-state index in [1.54, 1.807) is 6.07 Å². The lowest BCUT2D eigenvalue weighted by molar-refractivity contribution is 0.0690. The number of anilines is 2. The van der Waals surface area contributed by atoms with Gasteiger partial charge in [-0.1, -0.05) is 24.3 Å². The minimum Gasteiger partial charge on any atom is -0.492 e. The van der Waals surface area contributed by atoms with Crippen molar-refractivity contribution < 1.29 is 14.6 Å². The van der Waals surface area contributed by atoms with Gasteiger partial charge in [-0.3, -0.25) is 4.90 Å². The highest BCUT2D eigenvalue weighted by Gasteiger charge is 2.12. The number of benzene rings is 2. The van der Waals surface area contributed by atoms with Gasteiger partial charge in [-0.2, -0.15) is 5.10 Å². The van der Waals surface area contributed by atoms with Crippen LogP contribution in [0.5, 0.6) is 5.75 Å². The average Bonchev–Trinajstić information content (AvgIpc) is 2.82. The number of carboxylic acids is 1. The number of ether oxygens (including phenoxy) is 1. The fourth-order valence-corrected chi connectivity index (χ4v) is 3.62. The summed E-state index contributed by atoms with van der Waals surface area (Å²) < 4.78 is 5.89. The van der Waals surface area contributed by atoms with E-state index in [1.165, 1.54) is 11.8 Å². The summed E-state index contributed by atoms with van der Waals surface area (Å²) in [6, 6.07) is 17.7. The molecule has 0 radical (unpaired) electrons. The van der Waals surface area contributed by atoms with Gasteiger partial charge in [0.1, 0.15) is 12.4 Å². The topological polar surface area (TPSA) is 99.6 Å². The minimum atomic E-state index is -1.12. The van der Waals surface area contributed by atoms with Crippen molar-refractivity contribution in [3.8, 4) is 5.75 Å². The summed E-state index contributed by atoms with van der Waals surface area (Å²) in [5.74, 6) is -0.225. The summed E-state index contributed by atoms with van der Waals surface area (Å²) in [5, 5.41) is 23.0.